The first kappa shape index (κ1) is 15.0. The number of nitrogens with two attached hydrogens (primary N) is 1. The monoisotopic (exact) mass is 290 g/mol. The van der Waals surface area contributed by atoms with E-state index in [1.54, 1.807) is 19.1 Å². The van der Waals surface area contributed by atoms with Gasteiger partial charge < -0.3 is 10.6 Å². The van der Waals surface area contributed by atoms with Crippen molar-refractivity contribution in [3.8, 4) is 0 Å². The summed E-state index contributed by atoms with van der Waals surface area (Å²) in [5, 5.41) is 0. The van der Waals surface area contributed by atoms with Crippen LogP contribution in [0.2, 0.25) is 0 Å². The van der Waals surface area contributed by atoms with E-state index in [1.807, 2.05) is 19.1 Å². The van der Waals surface area contributed by atoms with Gasteiger partial charge in [0.1, 0.15) is 5.82 Å². The highest BCUT2D eigenvalue weighted by Crippen LogP contribution is 2.23. The molecule has 0 aliphatic heterocycles. The smallest absolute Gasteiger partial charge is 0.261 e. The summed E-state index contributed by atoms with van der Waals surface area (Å²) in [6, 6.07) is 8.97. The molecule has 0 unspecified atom stereocenters. The number of carbonyl (C=O) groups is 1. The van der Waals surface area contributed by atoms with Crippen LogP contribution >= 0.6 is 0 Å². The number of carbonyl (C=O) groups excluding carboxylic acids is 1. The maximum absolute atomic E-state index is 14.0. The largest absolute Gasteiger partial charge is 0.396 e. The van der Waals surface area contributed by atoms with Gasteiger partial charge in [0.15, 0.2) is 5.82 Å². The fourth-order valence-electron chi connectivity index (χ4n) is 2.15. The molecule has 0 saturated heterocycles. The topological polar surface area (TPSA) is 46.3 Å². The first-order chi connectivity index (χ1) is 9.93. The van der Waals surface area contributed by atoms with Crippen molar-refractivity contribution in [2.24, 2.45) is 0 Å². The Balaban J connectivity index is 2.46. The standard InChI is InChI=1S/C16H16F2N2O/c1-3-20(12-6-4-5-10(2)7-12)16(21)13-8-11(17)9-14(19)15(13)18/h4-9H,3,19H2,1-2H3. The van der Waals surface area contributed by atoms with Crippen LogP contribution in [0.3, 0.4) is 0 Å². The van der Waals surface area contributed by atoms with E-state index in [0.717, 1.165) is 17.7 Å². The van der Waals surface area contributed by atoms with Crippen molar-refractivity contribution >= 4 is 17.3 Å². The number of hydrogen-bond donors (Lipinski definition) is 1. The number of anilines is 2. The van der Waals surface area contributed by atoms with Crippen molar-refractivity contribution in [3.05, 3.63) is 59.2 Å². The Morgan fingerprint density at radius 2 is 1.95 bits per heavy atom. The second-order valence-electron chi connectivity index (χ2n) is 4.74. The van der Waals surface area contributed by atoms with Gasteiger partial charge in [-0.05, 0) is 43.7 Å². The summed E-state index contributed by atoms with van der Waals surface area (Å²) in [7, 11) is 0. The van der Waals surface area contributed by atoms with Crippen LogP contribution in [0.4, 0.5) is 20.2 Å². The molecule has 0 bridgehead atoms. The van der Waals surface area contributed by atoms with E-state index in [2.05, 4.69) is 0 Å². The molecule has 3 nitrogen and oxygen atoms in total. The molecule has 0 saturated carbocycles. The first-order valence-corrected chi connectivity index (χ1v) is 6.57. The Morgan fingerprint density at radius 1 is 1.24 bits per heavy atom. The maximum Gasteiger partial charge on any atom is 0.261 e. The van der Waals surface area contributed by atoms with Crippen molar-refractivity contribution < 1.29 is 13.6 Å². The Kier molecular flexibility index (Phi) is 4.21. The summed E-state index contributed by atoms with van der Waals surface area (Å²) < 4.78 is 27.4. The molecule has 0 aliphatic rings. The minimum atomic E-state index is -0.896. The molecule has 2 aromatic carbocycles. The van der Waals surface area contributed by atoms with Crippen molar-refractivity contribution in [1.29, 1.82) is 0 Å². The van der Waals surface area contributed by atoms with Crippen LogP contribution in [0.5, 0.6) is 0 Å². The van der Waals surface area contributed by atoms with Crippen LogP contribution < -0.4 is 10.6 Å². The van der Waals surface area contributed by atoms with Crippen LogP contribution in [-0.2, 0) is 0 Å². The number of amides is 1. The van der Waals surface area contributed by atoms with Gasteiger partial charge in [-0.2, -0.15) is 0 Å². The van der Waals surface area contributed by atoms with Gasteiger partial charge in [0.25, 0.3) is 5.91 Å². The number of benzene rings is 2. The summed E-state index contributed by atoms with van der Waals surface area (Å²) in [5.74, 6) is -2.25. The van der Waals surface area contributed by atoms with Crippen molar-refractivity contribution in [2.45, 2.75) is 13.8 Å². The lowest BCUT2D eigenvalue weighted by atomic mass is 10.1. The van der Waals surface area contributed by atoms with Gasteiger partial charge in [0.05, 0.1) is 11.3 Å². The van der Waals surface area contributed by atoms with Gasteiger partial charge >= 0.3 is 0 Å². The number of halogens is 2. The summed E-state index contributed by atoms with van der Waals surface area (Å²) in [5.41, 5.74) is 6.24. The summed E-state index contributed by atoms with van der Waals surface area (Å²) >= 11 is 0. The third kappa shape index (κ3) is 3.02. The van der Waals surface area contributed by atoms with Crippen LogP contribution in [0.1, 0.15) is 22.8 Å². The van der Waals surface area contributed by atoms with Crippen LogP contribution in [0, 0.1) is 18.6 Å². The molecule has 21 heavy (non-hydrogen) atoms. The molecule has 110 valence electrons. The van der Waals surface area contributed by atoms with Gasteiger partial charge in [-0.3, -0.25) is 4.79 Å². The lowest BCUT2D eigenvalue weighted by Gasteiger charge is -2.22. The minimum Gasteiger partial charge on any atom is -0.396 e. The molecule has 2 rings (SSSR count). The zero-order chi connectivity index (χ0) is 15.6. The predicted octanol–water partition coefficient (Wildman–Crippen LogP) is 3.52. The Labute approximate surface area is 122 Å². The molecule has 0 atom stereocenters. The molecule has 1 amide bonds. The summed E-state index contributed by atoms with van der Waals surface area (Å²) in [4.78, 5) is 13.9. The third-order valence-electron chi connectivity index (χ3n) is 3.17. The molecular weight excluding hydrogens is 274 g/mol. The summed E-state index contributed by atoms with van der Waals surface area (Å²) in [6.07, 6.45) is 0. The molecule has 0 spiro atoms. The summed E-state index contributed by atoms with van der Waals surface area (Å²) in [6.45, 7) is 3.99. The highest BCUT2D eigenvalue weighted by Gasteiger charge is 2.22. The second kappa shape index (κ2) is 5.91. The lowest BCUT2D eigenvalue weighted by Crippen LogP contribution is -2.31. The number of hydrogen-bond acceptors (Lipinski definition) is 2. The van der Waals surface area contributed by atoms with Gasteiger partial charge in [0.2, 0.25) is 0 Å². The zero-order valence-electron chi connectivity index (χ0n) is 11.9. The Hall–Kier alpha value is -2.43. The van der Waals surface area contributed by atoms with E-state index in [-0.39, 0.29) is 11.3 Å². The van der Waals surface area contributed by atoms with Crippen molar-refractivity contribution in [2.75, 3.05) is 17.2 Å². The lowest BCUT2D eigenvalue weighted by molar-refractivity contribution is 0.0984. The van der Waals surface area contributed by atoms with Crippen molar-refractivity contribution in [3.63, 3.8) is 0 Å². The van der Waals surface area contributed by atoms with Gasteiger partial charge in [0, 0.05) is 12.2 Å². The quantitative estimate of drug-likeness (QED) is 0.879. The number of nitrogens with zero attached hydrogens (tertiary/aromatic N) is 1. The second-order valence-corrected chi connectivity index (χ2v) is 4.74. The molecule has 5 heteroatoms. The van der Waals surface area contributed by atoms with E-state index < -0.39 is 17.5 Å². The highest BCUT2D eigenvalue weighted by molar-refractivity contribution is 6.06. The fourth-order valence-corrected chi connectivity index (χ4v) is 2.15. The van der Waals surface area contributed by atoms with E-state index in [4.69, 9.17) is 5.73 Å². The van der Waals surface area contributed by atoms with Crippen molar-refractivity contribution in [1.82, 2.24) is 0 Å². The fraction of sp³-hybridized carbons (Fsp3) is 0.188. The number of rotatable bonds is 3. The van der Waals surface area contributed by atoms with E-state index in [9.17, 15) is 13.6 Å². The van der Waals surface area contributed by atoms with E-state index in [1.165, 1.54) is 4.90 Å². The van der Waals surface area contributed by atoms with Gasteiger partial charge in [-0.15, -0.1) is 0 Å². The van der Waals surface area contributed by atoms with Crippen LogP contribution in [0.25, 0.3) is 0 Å². The minimum absolute atomic E-state index is 0.331. The molecule has 0 aliphatic carbocycles. The highest BCUT2D eigenvalue weighted by atomic mass is 19.1. The van der Waals surface area contributed by atoms with E-state index in [0.29, 0.717) is 12.2 Å². The molecule has 0 heterocycles. The molecule has 2 aromatic rings. The molecule has 2 N–H and O–H groups in total. The van der Waals surface area contributed by atoms with Crippen LogP contribution in [0.15, 0.2) is 36.4 Å². The molecule has 0 aromatic heterocycles. The average molecular weight is 290 g/mol. The first-order valence-electron chi connectivity index (χ1n) is 6.57. The average Bonchev–Trinajstić information content (AvgIpc) is 2.43. The Bertz CT molecular complexity index is 686. The normalized spacial score (nSPS) is 10.5. The Morgan fingerprint density at radius 3 is 2.57 bits per heavy atom. The number of aryl methyl sites for hydroxylation is 1. The zero-order valence-corrected chi connectivity index (χ0v) is 11.9. The van der Waals surface area contributed by atoms with Gasteiger partial charge in [-0.1, -0.05) is 12.1 Å². The maximum atomic E-state index is 14.0. The van der Waals surface area contributed by atoms with Crippen LogP contribution in [-0.4, -0.2) is 12.5 Å². The SMILES string of the molecule is CCN(C(=O)c1cc(F)cc(N)c1F)c1cccc(C)c1. The number of nitrogen functional groups attached to an aromatic ring is 1. The third-order valence-corrected chi connectivity index (χ3v) is 3.17. The molecule has 0 radical (unpaired) electrons. The molecule has 0 fully saturated rings. The van der Waals surface area contributed by atoms with E-state index >= 15 is 0 Å². The van der Waals surface area contributed by atoms with Gasteiger partial charge in [-0.25, -0.2) is 8.78 Å². The molecular formula is C16H16F2N2O. The predicted molar refractivity (Wildman–Crippen MR) is 79.3 cm³/mol.